The Bertz CT molecular complexity index is 203. The number of rotatable bonds is 2. The predicted molar refractivity (Wildman–Crippen MR) is 44.6 cm³/mol. The lowest BCUT2D eigenvalue weighted by molar-refractivity contribution is -0.125. The van der Waals surface area contributed by atoms with Gasteiger partial charge in [-0.3, -0.25) is 10.1 Å². The fourth-order valence-electron chi connectivity index (χ4n) is 1.27. The molecule has 0 aromatic carbocycles. The lowest BCUT2D eigenvalue weighted by atomic mass is 10.1. The monoisotopic (exact) mass is 170 g/mol. The fourth-order valence-corrected chi connectivity index (χ4v) is 1.27. The molecule has 1 aliphatic rings. The molecule has 0 aromatic rings. The van der Waals surface area contributed by atoms with E-state index >= 15 is 0 Å². The van der Waals surface area contributed by atoms with Crippen molar-refractivity contribution in [2.75, 3.05) is 13.1 Å². The van der Waals surface area contributed by atoms with Gasteiger partial charge in [0.15, 0.2) is 0 Å². The largest absolute Gasteiger partial charge is 0.324 e. The highest BCUT2D eigenvalue weighted by atomic mass is 16.2. The van der Waals surface area contributed by atoms with Gasteiger partial charge in [0, 0.05) is 13.1 Å². The summed E-state index contributed by atoms with van der Waals surface area (Å²) in [4.78, 5) is 23.8. The molecule has 0 aliphatic carbocycles. The first kappa shape index (κ1) is 9.03. The van der Waals surface area contributed by atoms with Crippen LogP contribution in [0.3, 0.4) is 0 Å². The quantitative estimate of drug-likeness (QED) is 0.659. The lowest BCUT2D eigenvalue weighted by Gasteiger charge is -2.29. The van der Waals surface area contributed by atoms with Crippen LogP contribution < -0.4 is 5.32 Å². The molecule has 4 nitrogen and oxygen atoms in total. The van der Waals surface area contributed by atoms with Crippen LogP contribution >= 0.6 is 0 Å². The van der Waals surface area contributed by atoms with E-state index < -0.39 is 0 Å². The minimum atomic E-state index is -0.250. The molecule has 1 fully saturated rings. The molecule has 1 N–H and O–H groups in total. The molecular formula is C8H14N2O2. The second-order valence-electron chi connectivity index (χ2n) is 3.14. The molecule has 1 atom stereocenters. The molecule has 1 aliphatic heterocycles. The predicted octanol–water partition coefficient (Wildman–Crippen LogP) is 0.584. The minimum absolute atomic E-state index is 0.0748. The van der Waals surface area contributed by atoms with E-state index in [0.717, 1.165) is 13.0 Å². The zero-order valence-electron chi connectivity index (χ0n) is 7.46. The number of amides is 3. The molecule has 1 heterocycles. The highest BCUT2D eigenvalue weighted by molar-refractivity contribution is 5.97. The van der Waals surface area contributed by atoms with Crippen molar-refractivity contribution in [1.29, 1.82) is 0 Å². The van der Waals surface area contributed by atoms with Crippen molar-refractivity contribution in [1.82, 2.24) is 10.2 Å². The minimum Gasteiger partial charge on any atom is -0.324 e. The van der Waals surface area contributed by atoms with Crippen LogP contribution in [0, 0.1) is 5.92 Å². The van der Waals surface area contributed by atoms with Gasteiger partial charge in [0.2, 0.25) is 5.91 Å². The summed E-state index contributed by atoms with van der Waals surface area (Å²) in [5.41, 5.74) is 0. The summed E-state index contributed by atoms with van der Waals surface area (Å²) in [5, 5.41) is 2.31. The Morgan fingerprint density at radius 2 is 2.25 bits per heavy atom. The Morgan fingerprint density at radius 1 is 1.58 bits per heavy atom. The number of nitrogens with zero attached hydrogens (tertiary/aromatic N) is 1. The maximum Gasteiger partial charge on any atom is 0.324 e. The first-order chi connectivity index (χ1) is 5.65. The number of imide groups is 1. The second kappa shape index (κ2) is 3.56. The van der Waals surface area contributed by atoms with E-state index in [1.165, 1.54) is 0 Å². The summed E-state index contributed by atoms with van der Waals surface area (Å²) in [5.74, 6) is -0.235. The maximum atomic E-state index is 11.1. The van der Waals surface area contributed by atoms with E-state index in [0.29, 0.717) is 6.54 Å². The Hall–Kier alpha value is -1.06. The summed E-state index contributed by atoms with van der Waals surface area (Å²) in [7, 11) is 0. The number of carbonyl (C=O) groups is 2. The van der Waals surface area contributed by atoms with Crippen LogP contribution in [0.2, 0.25) is 0 Å². The van der Waals surface area contributed by atoms with E-state index in [-0.39, 0.29) is 17.9 Å². The molecule has 12 heavy (non-hydrogen) atoms. The highest BCUT2D eigenvalue weighted by Gasteiger charge is 2.27. The molecule has 1 unspecified atom stereocenters. The normalized spacial score (nSPS) is 24.2. The number of carbonyl (C=O) groups excluding carboxylic acids is 2. The fraction of sp³-hybridized carbons (Fsp3) is 0.750. The van der Waals surface area contributed by atoms with Gasteiger partial charge < -0.3 is 4.90 Å². The van der Waals surface area contributed by atoms with Crippen molar-refractivity contribution in [3.8, 4) is 0 Å². The maximum absolute atomic E-state index is 11.1. The third-order valence-electron chi connectivity index (χ3n) is 1.95. The van der Waals surface area contributed by atoms with Gasteiger partial charge in [0.05, 0.1) is 5.92 Å². The van der Waals surface area contributed by atoms with Crippen LogP contribution in [0.5, 0.6) is 0 Å². The Kier molecular flexibility index (Phi) is 2.68. The van der Waals surface area contributed by atoms with Gasteiger partial charge in [0.25, 0.3) is 0 Å². The van der Waals surface area contributed by atoms with Crippen LogP contribution in [0.25, 0.3) is 0 Å². The molecule has 0 bridgehead atoms. The number of nitrogens with one attached hydrogen (secondary N) is 1. The SMILES string of the molecule is CCCN1CC(C)C(=O)NC1=O. The zero-order chi connectivity index (χ0) is 9.14. The van der Waals surface area contributed by atoms with Crippen LogP contribution in [0.1, 0.15) is 20.3 Å². The Labute approximate surface area is 71.9 Å². The number of urea groups is 1. The van der Waals surface area contributed by atoms with E-state index in [1.54, 1.807) is 4.90 Å². The van der Waals surface area contributed by atoms with Gasteiger partial charge in [0.1, 0.15) is 0 Å². The van der Waals surface area contributed by atoms with Crippen molar-refractivity contribution in [3.63, 3.8) is 0 Å². The molecular weight excluding hydrogens is 156 g/mol. The highest BCUT2D eigenvalue weighted by Crippen LogP contribution is 2.07. The number of hydrogen-bond acceptors (Lipinski definition) is 2. The Morgan fingerprint density at radius 3 is 2.83 bits per heavy atom. The van der Waals surface area contributed by atoms with Gasteiger partial charge in [-0.1, -0.05) is 13.8 Å². The van der Waals surface area contributed by atoms with Gasteiger partial charge in [-0.05, 0) is 6.42 Å². The van der Waals surface area contributed by atoms with Crippen LogP contribution in [0.4, 0.5) is 4.79 Å². The molecule has 1 saturated heterocycles. The third-order valence-corrected chi connectivity index (χ3v) is 1.95. The first-order valence-corrected chi connectivity index (χ1v) is 4.25. The zero-order valence-corrected chi connectivity index (χ0v) is 7.46. The van der Waals surface area contributed by atoms with Crippen LogP contribution in [0.15, 0.2) is 0 Å². The molecule has 0 spiro atoms. The number of hydrogen-bond donors (Lipinski definition) is 1. The van der Waals surface area contributed by atoms with Crippen LogP contribution in [-0.2, 0) is 4.79 Å². The van der Waals surface area contributed by atoms with Gasteiger partial charge in [-0.2, -0.15) is 0 Å². The molecule has 0 aromatic heterocycles. The topological polar surface area (TPSA) is 49.4 Å². The average molecular weight is 170 g/mol. The van der Waals surface area contributed by atoms with E-state index in [1.807, 2.05) is 13.8 Å². The molecule has 1 rings (SSSR count). The molecule has 3 amide bonds. The van der Waals surface area contributed by atoms with Crippen LogP contribution in [-0.4, -0.2) is 29.9 Å². The Balaban J connectivity index is 2.55. The van der Waals surface area contributed by atoms with Crippen molar-refractivity contribution in [2.45, 2.75) is 20.3 Å². The van der Waals surface area contributed by atoms with Crippen molar-refractivity contribution < 1.29 is 9.59 Å². The summed E-state index contributed by atoms with van der Waals surface area (Å²) in [6.07, 6.45) is 0.925. The van der Waals surface area contributed by atoms with E-state index in [9.17, 15) is 9.59 Å². The molecule has 68 valence electrons. The van der Waals surface area contributed by atoms with E-state index in [2.05, 4.69) is 5.32 Å². The van der Waals surface area contributed by atoms with Crippen molar-refractivity contribution in [2.24, 2.45) is 5.92 Å². The second-order valence-corrected chi connectivity index (χ2v) is 3.14. The third kappa shape index (κ3) is 1.75. The van der Waals surface area contributed by atoms with Gasteiger partial charge in [-0.15, -0.1) is 0 Å². The molecule has 0 radical (unpaired) electrons. The standard InChI is InChI=1S/C8H14N2O2/c1-3-4-10-5-6(2)7(11)9-8(10)12/h6H,3-5H2,1-2H3,(H,9,11,12). The smallest absolute Gasteiger partial charge is 0.324 e. The molecule has 4 heteroatoms. The van der Waals surface area contributed by atoms with Gasteiger partial charge in [-0.25, -0.2) is 4.79 Å². The average Bonchev–Trinajstić information content (AvgIpc) is 2.01. The van der Waals surface area contributed by atoms with Crippen molar-refractivity contribution in [3.05, 3.63) is 0 Å². The lowest BCUT2D eigenvalue weighted by Crippen LogP contribution is -2.53. The molecule has 0 saturated carbocycles. The summed E-state index contributed by atoms with van der Waals surface area (Å²) in [6, 6.07) is -0.250. The van der Waals surface area contributed by atoms with Crippen molar-refractivity contribution >= 4 is 11.9 Å². The first-order valence-electron chi connectivity index (χ1n) is 4.25. The van der Waals surface area contributed by atoms with E-state index in [4.69, 9.17) is 0 Å². The summed E-state index contributed by atoms with van der Waals surface area (Å²) >= 11 is 0. The van der Waals surface area contributed by atoms with Gasteiger partial charge >= 0.3 is 6.03 Å². The summed E-state index contributed by atoms with van der Waals surface area (Å²) in [6.45, 7) is 5.11. The summed E-state index contributed by atoms with van der Waals surface area (Å²) < 4.78 is 0.